The van der Waals surface area contributed by atoms with Crippen LogP contribution < -0.4 is 14.8 Å². The summed E-state index contributed by atoms with van der Waals surface area (Å²) in [6.45, 7) is 5.80. The number of fused-ring (bicyclic) bond motifs is 2. The van der Waals surface area contributed by atoms with Crippen molar-refractivity contribution in [2.45, 2.75) is 19.3 Å². The molecule has 0 atom stereocenters. The number of nitrogens with one attached hydrogen (secondary N) is 1. The van der Waals surface area contributed by atoms with Gasteiger partial charge in [-0.1, -0.05) is 42.8 Å². The van der Waals surface area contributed by atoms with Gasteiger partial charge in [0, 0.05) is 36.7 Å². The fraction of sp³-hybridized carbons (Fsp3) is 0.379. The van der Waals surface area contributed by atoms with Crippen LogP contribution in [0, 0.1) is 0 Å². The van der Waals surface area contributed by atoms with E-state index in [0.29, 0.717) is 17.3 Å². The van der Waals surface area contributed by atoms with Crippen molar-refractivity contribution in [3.8, 4) is 22.9 Å². The van der Waals surface area contributed by atoms with Gasteiger partial charge in [0.25, 0.3) is 0 Å². The molecule has 36 heavy (non-hydrogen) atoms. The lowest BCUT2D eigenvalue weighted by atomic mass is 10.1. The first-order chi connectivity index (χ1) is 17.7. The summed E-state index contributed by atoms with van der Waals surface area (Å²) in [6.07, 6.45) is 3.44. The zero-order valence-corrected chi connectivity index (χ0v) is 21.1. The maximum Gasteiger partial charge on any atom is 0.162 e. The molecule has 2 heterocycles. The highest BCUT2D eigenvalue weighted by atomic mass is 16.5. The van der Waals surface area contributed by atoms with E-state index in [1.807, 2.05) is 12.1 Å². The van der Waals surface area contributed by atoms with E-state index in [4.69, 9.17) is 24.2 Å². The number of rotatable bonds is 10. The molecular weight excluding hydrogens is 452 g/mol. The molecule has 188 valence electrons. The number of ether oxygens (including phenoxy) is 3. The number of aromatic nitrogens is 2. The number of unbranched alkanes of at least 4 members (excludes halogenated alkanes) is 2. The van der Waals surface area contributed by atoms with Crippen LogP contribution in [0.4, 0.5) is 5.82 Å². The van der Waals surface area contributed by atoms with Gasteiger partial charge in [0.2, 0.25) is 0 Å². The first kappa shape index (κ1) is 24.3. The van der Waals surface area contributed by atoms with Crippen molar-refractivity contribution >= 4 is 27.5 Å². The average Bonchev–Trinajstić information content (AvgIpc) is 2.94. The van der Waals surface area contributed by atoms with Gasteiger partial charge in [0.15, 0.2) is 17.3 Å². The lowest BCUT2D eigenvalue weighted by Crippen LogP contribution is -2.36. The summed E-state index contributed by atoms with van der Waals surface area (Å²) in [4.78, 5) is 12.4. The first-order valence-corrected chi connectivity index (χ1v) is 12.7. The normalized spacial score (nSPS) is 14.3. The zero-order valence-electron chi connectivity index (χ0n) is 21.1. The third-order valence-electron chi connectivity index (χ3n) is 6.76. The van der Waals surface area contributed by atoms with E-state index >= 15 is 0 Å². The van der Waals surface area contributed by atoms with Crippen molar-refractivity contribution in [2.24, 2.45) is 0 Å². The minimum Gasteiger partial charge on any atom is -0.493 e. The van der Waals surface area contributed by atoms with E-state index in [1.54, 1.807) is 14.2 Å². The van der Waals surface area contributed by atoms with Crippen LogP contribution in [-0.4, -0.2) is 68.5 Å². The Morgan fingerprint density at radius 2 is 1.64 bits per heavy atom. The van der Waals surface area contributed by atoms with Crippen LogP contribution >= 0.6 is 0 Å². The van der Waals surface area contributed by atoms with E-state index in [-0.39, 0.29) is 0 Å². The number of anilines is 1. The van der Waals surface area contributed by atoms with Gasteiger partial charge in [-0.25, -0.2) is 9.97 Å². The molecule has 1 aliphatic rings. The molecule has 0 unspecified atom stereocenters. The topological polar surface area (TPSA) is 68.7 Å². The molecular formula is C29H34N4O3. The highest BCUT2D eigenvalue weighted by Crippen LogP contribution is 2.35. The summed E-state index contributed by atoms with van der Waals surface area (Å²) in [5.41, 5.74) is 1.81. The number of hydrogen-bond donors (Lipinski definition) is 1. The molecule has 0 radical (unpaired) electrons. The molecule has 0 spiro atoms. The van der Waals surface area contributed by atoms with Crippen LogP contribution in [0.1, 0.15) is 19.3 Å². The predicted molar refractivity (Wildman–Crippen MR) is 145 cm³/mol. The van der Waals surface area contributed by atoms with Gasteiger partial charge in [-0.05, 0) is 42.3 Å². The van der Waals surface area contributed by atoms with E-state index in [2.05, 4.69) is 52.7 Å². The van der Waals surface area contributed by atoms with Crippen molar-refractivity contribution in [1.29, 1.82) is 0 Å². The summed E-state index contributed by atoms with van der Waals surface area (Å²) in [5, 5.41) is 6.87. The van der Waals surface area contributed by atoms with E-state index in [9.17, 15) is 0 Å². The predicted octanol–water partition coefficient (Wildman–Crippen LogP) is 5.38. The molecule has 1 fully saturated rings. The Labute approximate surface area is 212 Å². The molecule has 1 saturated heterocycles. The van der Waals surface area contributed by atoms with Crippen molar-refractivity contribution in [2.75, 3.05) is 58.9 Å². The van der Waals surface area contributed by atoms with Gasteiger partial charge < -0.3 is 19.5 Å². The Balaban J connectivity index is 1.37. The van der Waals surface area contributed by atoms with Crippen LogP contribution in [0.3, 0.4) is 0 Å². The Morgan fingerprint density at radius 3 is 2.44 bits per heavy atom. The quantitative estimate of drug-likeness (QED) is 0.302. The summed E-state index contributed by atoms with van der Waals surface area (Å²) in [6, 6.07) is 18.6. The van der Waals surface area contributed by atoms with Gasteiger partial charge >= 0.3 is 0 Å². The summed E-state index contributed by atoms with van der Waals surface area (Å²) in [7, 11) is 3.29. The molecule has 4 aromatic rings. The molecule has 1 aliphatic heterocycles. The molecule has 0 bridgehead atoms. The van der Waals surface area contributed by atoms with Gasteiger partial charge in [-0.2, -0.15) is 0 Å². The van der Waals surface area contributed by atoms with Crippen LogP contribution in [0.25, 0.3) is 33.1 Å². The van der Waals surface area contributed by atoms with Gasteiger partial charge in [0.1, 0.15) is 5.82 Å². The lowest BCUT2D eigenvalue weighted by Gasteiger charge is -2.26. The largest absolute Gasteiger partial charge is 0.493 e. The molecule has 1 aromatic heterocycles. The minimum atomic E-state index is 0.655. The van der Waals surface area contributed by atoms with E-state index in [0.717, 1.165) is 68.1 Å². The Hall–Kier alpha value is -3.42. The van der Waals surface area contributed by atoms with Crippen molar-refractivity contribution < 1.29 is 14.2 Å². The number of nitrogens with zero attached hydrogens (tertiary/aromatic N) is 3. The second-order valence-electron chi connectivity index (χ2n) is 9.12. The fourth-order valence-electron chi connectivity index (χ4n) is 4.72. The lowest BCUT2D eigenvalue weighted by molar-refractivity contribution is 0.0372. The molecule has 0 saturated carbocycles. The third kappa shape index (κ3) is 5.53. The SMILES string of the molecule is COc1cc2nc(-c3ccc4ccccc4c3)nc(NCCCCCN3CCOCC3)c2cc1OC. The van der Waals surface area contributed by atoms with Crippen LogP contribution in [0.2, 0.25) is 0 Å². The summed E-state index contributed by atoms with van der Waals surface area (Å²) >= 11 is 0. The van der Waals surface area contributed by atoms with Crippen molar-refractivity contribution in [3.05, 3.63) is 54.6 Å². The van der Waals surface area contributed by atoms with Gasteiger partial charge in [-0.15, -0.1) is 0 Å². The maximum absolute atomic E-state index is 5.56. The first-order valence-electron chi connectivity index (χ1n) is 12.7. The van der Waals surface area contributed by atoms with Crippen LogP contribution in [0.5, 0.6) is 11.5 Å². The Bertz CT molecular complexity index is 1320. The van der Waals surface area contributed by atoms with Crippen LogP contribution in [-0.2, 0) is 4.74 Å². The number of hydrogen-bond acceptors (Lipinski definition) is 7. The Morgan fingerprint density at radius 1 is 0.861 bits per heavy atom. The fourth-order valence-corrected chi connectivity index (χ4v) is 4.72. The van der Waals surface area contributed by atoms with E-state index in [1.165, 1.54) is 23.6 Å². The minimum absolute atomic E-state index is 0.655. The standard InChI is InChI=1S/C29H34N4O3/c1-34-26-19-24-25(20-27(26)35-2)31-28(23-11-10-21-8-4-5-9-22(21)18-23)32-29(24)30-12-6-3-7-13-33-14-16-36-17-15-33/h4-5,8-11,18-20H,3,6-7,12-17H2,1-2H3,(H,30,31,32). The second-order valence-corrected chi connectivity index (χ2v) is 9.12. The molecule has 3 aromatic carbocycles. The van der Waals surface area contributed by atoms with Gasteiger partial charge in [0.05, 0.1) is 33.0 Å². The number of methoxy groups -OCH3 is 2. The molecule has 7 nitrogen and oxygen atoms in total. The number of morpholine rings is 1. The van der Waals surface area contributed by atoms with Crippen LogP contribution in [0.15, 0.2) is 54.6 Å². The summed E-state index contributed by atoms with van der Waals surface area (Å²) in [5.74, 6) is 2.83. The summed E-state index contributed by atoms with van der Waals surface area (Å²) < 4.78 is 16.5. The monoisotopic (exact) mass is 486 g/mol. The smallest absolute Gasteiger partial charge is 0.162 e. The average molecular weight is 487 g/mol. The maximum atomic E-state index is 5.56. The highest BCUT2D eigenvalue weighted by molar-refractivity contribution is 5.94. The second kappa shape index (κ2) is 11.5. The highest BCUT2D eigenvalue weighted by Gasteiger charge is 2.15. The Kier molecular flexibility index (Phi) is 7.79. The zero-order chi connectivity index (χ0) is 24.7. The van der Waals surface area contributed by atoms with Crippen molar-refractivity contribution in [1.82, 2.24) is 14.9 Å². The molecule has 1 N–H and O–H groups in total. The number of benzene rings is 3. The van der Waals surface area contributed by atoms with Gasteiger partial charge in [-0.3, -0.25) is 4.90 Å². The molecule has 5 rings (SSSR count). The molecule has 0 amide bonds. The third-order valence-corrected chi connectivity index (χ3v) is 6.76. The van der Waals surface area contributed by atoms with Crippen molar-refractivity contribution in [3.63, 3.8) is 0 Å². The van der Waals surface area contributed by atoms with E-state index < -0.39 is 0 Å². The molecule has 0 aliphatic carbocycles. The molecule has 7 heteroatoms.